The average molecular weight is 419 g/mol. The maximum absolute atomic E-state index is 12.8. The van der Waals surface area contributed by atoms with Gasteiger partial charge >= 0.3 is 0 Å². The second-order valence-corrected chi connectivity index (χ2v) is 7.30. The van der Waals surface area contributed by atoms with Gasteiger partial charge < -0.3 is 25.2 Å². The molecule has 29 heavy (non-hydrogen) atoms. The molecule has 1 saturated heterocycles. The van der Waals surface area contributed by atoms with Crippen molar-refractivity contribution in [2.24, 2.45) is 5.73 Å². The second-order valence-electron chi connectivity index (χ2n) is 7.30. The van der Waals surface area contributed by atoms with Crippen molar-refractivity contribution in [2.45, 2.75) is 6.54 Å². The number of nitrogens with zero attached hydrogens (tertiary/aromatic N) is 3. The molecule has 0 radical (unpaired) electrons. The predicted octanol–water partition coefficient (Wildman–Crippen LogP) is 2.47. The standard InChI is InChI=1S/C22H30N4O2.ClH/c1-24(2)15-16-28-21-6-4-3-5-20(21)25-11-13-26(14-12-25)22(27)19-9-7-18(17-23)8-10-19;/h3-10H,11-17,23H2,1-2H3;1H. The Morgan fingerprint density at radius 3 is 2.31 bits per heavy atom. The van der Waals surface area contributed by atoms with Gasteiger partial charge in [0.1, 0.15) is 12.4 Å². The quantitative estimate of drug-likeness (QED) is 0.748. The summed E-state index contributed by atoms with van der Waals surface area (Å²) in [5.41, 5.74) is 8.49. The van der Waals surface area contributed by atoms with E-state index in [1.807, 2.05) is 61.5 Å². The lowest BCUT2D eigenvalue weighted by molar-refractivity contribution is 0.0746. The monoisotopic (exact) mass is 418 g/mol. The highest BCUT2D eigenvalue weighted by atomic mass is 35.5. The van der Waals surface area contributed by atoms with E-state index in [1.54, 1.807) is 0 Å². The molecule has 1 fully saturated rings. The molecule has 7 heteroatoms. The van der Waals surface area contributed by atoms with Crippen LogP contribution in [0.15, 0.2) is 48.5 Å². The van der Waals surface area contributed by atoms with Gasteiger partial charge in [-0.1, -0.05) is 24.3 Å². The number of carbonyl (C=O) groups excluding carboxylic acids is 1. The molecule has 3 rings (SSSR count). The van der Waals surface area contributed by atoms with Gasteiger partial charge in [-0.3, -0.25) is 4.79 Å². The van der Waals surface area contributed by atoms with Crippen molar-refractivity contribution in [2.75, 3.05) is 58.3 Å². The number of rotatable bonds is 7. The third kappa shape index (κ3) is 6.10. The molecule has 1 amide bonds. The Labute approximate surface area is 179 Å². The fourth-order valence-electron chi connectivity index (χ4n) is 3.30. The zero-order valence-corrected chi connectivity index (χ0v) is 18.0. The first-order chi connectivity index (χ1) is 13.6. The number of piperazine rings is 1. The molecule has 0 bridgehead atoms. The number of anilines is 1. The molecule has 1 aliphatic rings. The number of halogens is 1. The molecule has 2 aromatic rings. The Morgan fingerprint density at radius 1 is 1.03 bits per heavy atom. The number of amides is 1. The summed E-state index contributed by atoms with van der Waals surface area (Å²) in [5.74, 6) is 0.986. The van der Waals surface area contributed by atoms with Gasteiger partial charge in [0.05, 0.1) is 5.69 Å². The molecule has 2 N–H and O–H groups in total. The lowest BCUT2D eigenvalue weighted by Gasteiger charge is -2.36. The molecule has 0 atom stereocenters. The van der Waals surface area contributed by atoms with E-state index in [4.69, 9.17) is 10.5 Å². The number of benzene rings is 2. The summed E-state index contributed by atoms with van der Waals surface area (Å²) < 4.78 is 5.99. The van der Waals surface area contributed by atoms with Crippen LogP contribution in [0.25, 0.3) is 0 Å². The zero-order valence-electron chi connectivity index (χ0n) is 17.2. The van der Waals surface area contributed by atoms with Crippen molar-refractivity contribution in [3.63, 3.8) is 0 Å². The summed E-state index contributed by atoms with van der Waals surface area (Å²) in [6.07, 6.45) is 0. The smallest absolute Gasteiger partial charge is 0.253 e. The largest absolute Gasteiger partial charge is 0.490 e. The first kappa shape index (κ1) is 23.0. The van der Waals surface area contributed by atoms with Crippen molar-refractivity contribution < 1.29 is 9.53 Å². The van der Waals surface area contributed by atoms with Gasteiger partial charge in [0.2, 0.25) is 0 Å². The Balaban J connectivity index is 0.00000300. The normalized spacial score (nSPS) is 13.9. The van der Waals surface area contributed by atoms with E-state index in [1.165, 1.54) is 0 Å². The topological polar surface area (TPSA) is 62.0 Å². The van der Waals surface area contributed by atoms with Crippen LogP contribution in [-0.4, -0.2) is 69.1 Å². The van der Waals surface area contributed by atoms with Crippen molar-refractivity contribution in [3.8, 4) is 5.75 Å². The van der Waals surface area contributed by atoms with Gasteiger partial charge in [0.15, 0.2) is 0 Å². The van der Waals surface area contributed by atoms with Crippen LogP contribution >= 0.6 is 12.4 Å². The van der Waals surface area contributed by atoms with Crippen LogP contribution in [-0.2, 0) is 6.54 Å². The summed E-state index contributed by atoms with van der Waals surface area (Å²) in [4.78, 5) is 19.1. The van der Waals surface area contributed by atoms with Gasteiger partial charge in [0, 0.05) is 44.8 Å². The number of hydrogen-bond acceptors (Lipinski definition) is 5. The number of para-hydroxylation sites is 2. The molecule has 0 unspecified atom stereocenters. The van der Waals surface area contributed by atoms with Gasteiger partial charge in [-0.15, -0.1) is 12.4 Å². The van der Waals surface area contributed by atoms with Crippen LogP contribution in [0.3, 0.4) is 0 Å². The van der Waals surface area contributed by atoms with Crippen molar-refractivity contribution in [1.82, 2.24) is 9.80 Å². The third-order valence-electron chi connectivity index (χ3n) is 5.01. The lowest BCUT2D eigenvalue weighted by atomic mass is 10.1. The number of hydrogen-bond donors (Lipinski definition) is 1. The summed E-state index contributed by atoms with van der Waals surface area (Å²) >= 11 is 0. The minimum absolute atomic E-state index is 0. The maximum Gasteiger partial charge on any atom is 0.253 e. The fraction of sp³-hybridized carbons (Fsp3) is 0.409. The van der Waals surface area contributed by atoms with E-state index in [2.05, 4.69) is 15.9 Å². The van der Waals surface area contributed by atoms with Crippen LogP contribution in [0, 0.1) is 0 Å². The highest BCUT2D eigenvalue weighted by molar-refractivity contribution is 5.94. The summed E-state index contributed by atoms with van der Waals surface area (Å²) in [5, 5.41) is 0. The molecule has 0 saturated carbocycles. The minimum atomic E-state index is 0. The van der Waals surface area contributed by atoms with Crippen LogP contribution in [0.2, 0.25) is 0 Å². The number of nitrogens with two attached hydrogens (primary N) is 1. The summed E-state index contributed by atoms with van der Waals surface area (Å²) in [7, 11) is 4.07. The molecule has 1 aliphatic heterocycles. The van der Waals surface area contributed by atoms with E-state index in [9.17, 15) is 4.79 Å². The van der Waals surface area contributed by atoms with Gasteiger partial charge in [-0.25, -0.2) is 0 Å². The Hall–Kier alpha value is -2.28. The molecule has 2 aromatic carbocycles. The predicted molar refractivity (Wildman–Crippen MR) is 120 cm³/mol. The number of carbonyl (C=O) groups is 1. The van der Waals surface area contributed by atoms with Gasteiger partial charge in [-0.2, -0.15) is 0 Å². The highest BCUT2D eigenvalue weighted by Gasteiger charge is 2.23. The molecule has 0 aromatic heterocycles. The molecule has 158 valence electrons. The highest BCUT2D eigenvalue weighted by Crippen LogP contribution is 2.29. The van der Waals surface area contributed by atoms with E-state index >= 15 is 0 Å². The summed E-state index contributed by atoms with van der Waals surface area (Å²) in [6.45, 7) is 5.00. The zero-order chi connectivity index (χ0) is 19.9. The second kappa shape index (κ2) is 11.0. The molecule has 0 aliphatic carbocycles. The molecule has 0 spiro atoms. The molecule has 6 nitrogen and oxygen atoms in total. The van der Waals surface area contributed by atoms with Crippen molar-refractivity contribution in [1.29, 1.82) is 0 Å². The molecule has 1 heterocycles. The van der Waals surface area contributed by atoms with Gasteiger partial charge in [0.25, 0.3) is 5.91 Å². The first-order valence-corrected chi connectivity index (χ1v) is 9.78. The number of likely N-dealkylation sites (N-methyl/N-ethyl adjacent to an activating group) is 1. The Bertz CT molecular complexity index is 775. The Kier molecular flexibility index (Phi) is 8.76. The van der Waals surface area contributed by atoms with E-state index < -0.39 is 0 Å². The Morgan fingerprint density at radius 2 is 1.69 bits per heavy atom. The van der Waals surface area contributed by atoms with Crippen LogP contribution in [0.1, 0.15) is 15.9 Å². The van der Waals surface area contributed by atoms with E-state index in [0.29, 0.717) is 26.2 Å². The SMILES string of the molecule is CN(C)CCOc1ccccc1N1CCN(C(=O)c2ccc(CN)cc2)CC1.Cl. The van der Waals surface area contributed by atoms with Crippen LogP contribution in [0.5, 0.6) is 5.75 Å². The van der Waals surface area contributed by atoms with Gasteiger partial charge in [-0.05, 0) is 43.9 Å². The maximum atomic E-state index is 12.8. The van der Waals surface area contributed by atoms with Crippen molar-refractivity contribution in [3.05, 3.63) is 59.7 Å². The first-order valence-electron chi connectivity index (χ1n) is 9.78. The number of ether oxygens (including phenoxy) is 1. The molecular weight excluding hydrogens is 388 g/mol. The fourth-order valence-corrected chi connectivity index (χ4v) is 3.30. The summed E-state index contributed by atoms with van der Waals surface area (Å²) in [6, 6.07) is 15.7. The minimum Gasteiger partial charge on any atom is -0.490 e. The lowest BCUT2D eigenvalue weighted by Crippen LogP contribution is -2.48. The average Bonchev–Trinajstić information content (AvgIpc) is 2.73. The van der Waals surface area contributed by atoms with Crippen LogP contribution < -0.4 is 15.4 Å². The van der Waals surface area contributed by atoms with E-state index in [0.717, 1.165) is 42.2 Å². The van der Waals surface area contributed by atoms with Crippen molar-refractivity contribution >= 4 is 24.0 Å². The van der Waals surface area contributed by atoms with Crippen LogP contribution in [0.4, 0.5) is 5.69 Å². The molecular formula is C22H31ClN4O2. The van der Waals surface area contributed by atoms with E-state index in [-0.39, 0.29) is 18.3 Å². The third-order valence-corrected chi connectivity index (χ3v) is 5.01.